The molecule has 1 rings (SSSR count). The van der Waals surface area contributed by atoms with Crippen LogP contribution in [0.3, 0.4) is 0 Å². The number of rotatable bonds is 6. The van der Waals surface area contributed by atoms with Crippen LogP contribution in [0, 0.1) is 0 Å². The number of esters is 1. The Morgan fingerprint density at radius 3 is 2.24 bits per heavy atom. The highest BCUT2D eigenvalue weighted by molar-refractivity contribution is 5.89. The molecule has 1 N–H and O–H groups in total. The van der Waals surface area contributed by atoms with E-state index in [0.29, 0.717) is 5.56 Å². The van der Waals surface area contributed by atoms with Gasteiger partial charge in [-0.25, -0.2) is 4.79 Å². The predicted molar refractivity (Wildman–Crippen MR) is 66.7 cm³/mol. The summed E-state index contributed by atoms with van der Waals surface area (Å²) in [4.78, 5) is 22.6. The van der Waals surface area contributed by atoms with Crippen LogP contribution in [0.1, 0.15) is 15.9 Å². The van der Waals surface area contributed by atoms with E-state index in [1.54, 1.807) is 0 Å². The van der Waals surface area contributed by atoms with Crippen molar-refractivity contribution in [1.82, 2.24) is 4.90 Å². The Balaban J connectivity index is 2.78. The maximum atomic E-state index is 12.4. The fraction of sp³-hybridized carbons (Fsp3) is 0.385. The molecule has 8 heteroatoms. The molecule has 0 heterocycles. The monoisotopic (exact) mass is 305 g/mol. The van der Waals surface area contributed by atoms with E-state index >= 15 is 0 Å². The van der Waals surface area contributed by atoms with Gasteiger partial charge in [0.2, 0.25) is 0 Å². The van der Waals surface area contributed by atoms with Crippen molar-refractivity contribution in [3.05, 3.63) is 35.4 Å². The van der Waals surface area contributed by atoms with Gasteiger partial charge in [0.1, 0.15) is 0 Å². The molecular weight excluding hydrogens is 291 g/mol. The van der Waals surface area contributed by atoms with Crippen molar-refractivity contribution < 1.29 is 32.6 Å². The van der Waals surface area contributed by atoms with Gasteiger partial charge in [-0.05, 0) is 17.7 Å². The maximum Gasteiger partial charge on any atom is 0.401 e. The third-order valence-corrected chi connectivity index (χ3v) is 2.54. The minimum absolute atomic E-state index is 0.187. The molecule has 1 aromatic rings. The number of carbonyl (C=O) groups excluding carboxylic acids is 1. The number of carboxylic acid groups (broad SMARTS) is 1. The van der Waals surface area contributed by atoms with Gasteiger partial charge in [-0.15, -0.1) is 0 Å². The molecule has 0 aliphatic carbocycles. The number of benzene rings is 1. The second kappa shape index (κ2) is 7.07. The molecule has 116 valence electrons. The number of aliphatic carboxylic acids is 1. The van der Waals surface area contributed by atoms with Gasteiger partial charge in [-0.2, -0.15) is 13.2 Å². The summed E-state index contributed by atoms with van der Waals surface area (Å²) >= 11 is 0. The SMILES string of the molecule is COC(=O)c1ccc(CN(CC(=O)O)CC(F)(F)F)cc1. The summed E-state index contributed by atoms with van der Waals surface area (Å²) in [5, 5.41) is 8.64. The first-order valence-electron chi connectivity index (χ1n) is 5.89. The molecular formula is C13H14F3NO4. The zero-order valence-corrected chi connectivity index (χ0v) is 11.2. The van der Waals surface area contributed by atoms with Gasteiger partial charge in [0.25, 0.3) is 0 Å². The molecule has 0 radical (unpaired) electrons. The summed E-state index contributed by atoms with van der Waals surface area (Å²) in [5.74, 6) is -1.90. The average molecular weight is 305 g/mol. The summed E-state index contributed by atoms with van der Waals surface area (Å²) in [6, 6.07) is 5.73. The number of methoxy groups -OCH3 is 1. The Morgan fingerprint density at radius 1 is 1.24 bits per heavy atom. The number of hydrogen-bond acceptors (Lipinski definition) is 4. The van der Waals surface area contributed by atoms with Gasteiger partial charge in [0.05, 0.1) is 25.8 Å². The van der Waals surface area contributed by atoms with E-state index in [9.17, 15) is 22.8 Å². The third kappa shape index (κ3) is 6.26. The summed E-state index contributed by atoms with van der Waals surface area (Å²) < 4.78 is 41.6. The Bertz CT molecular complexity index is 499. The van der Waals surface area contributed by atoms with Crippen LogP contribution in [0.5, 0.6) is 0 Å². The van der Waals surface area contributed by atoms with Gasteiger partial charge >= 0.3 is 18.1 Å². The standard InChI is InChI=1S/C13H14F3NO4/c1-21-12(20)10-4-2-9(3-5-10)6-17(7-11(18)19)8-13(14,15)16/h2-5H,6-8H2,1H3,(H,18,19). The average Bonchev–Trinajstić information content (AvgIpc) is 2.36. The molecule has 0 saturated heterocycles. The summed E-state index contributed by atoms with van der Waals surface area (Å²) in [6.07, 6.45) is -4.48. The zero-order chi connectivity index (χ0) is 16.0. The number of halogens is 3. The van der Waals surface area contributed by atoms with Crippen molar-refractivity contribution in [2.24, 2.45) is 0 Å². The van der Waals surface area contributed by atoms with E-state index < -0.39 is 31.2 Å². The van der Waals surface area contributed by atoms with Gasteiger partial charge < -0.3 is 9.84 Å². The molecule has 0 unspecified atom stereocenters. The molecule has 0 aliphatic heterocycles. The van der Waals surface area contributed by atoms with Crippen LogP contribution in [0.25, 0.3) is 0 Å². The molecule has 21 heavy (non-hydrogen) atoms. The largest absolute Gasteiger partial charge is 0.480 e. The Kier molecular flexibility index (Phi) is 5.71. The minimum atomic E-state index is -4.48. The highest BCUT2D eigenvalue weighted by Crippen LogP contribution is 2.18. The lowest BCUT2D eigenvalue weighted by Gasteiger charge is -2.21. The van der Waals surface area contributed by atoms with Crippen LogP contribution >= 0.6 is 0 Å². The summed E-state index contributed by atoms with van der Waals surface area (Å²) in [7, 11) is 1.22. The first kappa shape index (κ1) is 17.0. The van der Waals surface area contributed by atoms with Gasteiger partial charge in [-0.1, -0.05) is 12.1 Å². The molecule has 0 amide bonds. The molecule has 0 aliphatic rings. The molecule has 0 aromatic heterocycles. The van der Waals surface area contributed by atoms with E-state index in [4.69, 9.17) is 5.11 Å². The summed E-state index contributed by atoms with van der Waals surface area (Å²) in [6.45, 7) is -2.23. The molecule has 0 bridgehead atoms. The van der Waals surface area contributed by atoms with Crippen LogP contribution in [0.15, 0.2) is 24.3 Å². The number of carbonyl (C=O) groups is 2. The molecule has 0 atom stereocenters. The minimum Gasteiger partial charge on any atom is -0.480 e. The molecule has 5 nitrogen and oxygen atoms in total. The lowest BCUT2D eigenvalue weighted by atomic mass is 10.1. The highest BCUT2D eigenvalue weighted by atomic mass is 19.4. The Hall–Kier alpha value is -2.09. The maximum absolute atomic E-state index is 12.4. The smallest absolute Gasteiger partial charge is 0.401 e. The molecule has 0 saturated carbocycles. The Morgan fingerprint density at radius 2 is 1.81 bits per heavy atom. The van der Waals surface area contributed by atoms with E-state index in [-0.39, 0.29) is 12.1 Å². The number of hydrogen-bond donors (Lipinski definition) is 1. The molecule has 0 fully saturated rings. The van der Waals surface area contributed by atoms with E-state index in [0.717, 1.165) is 4.90 Å². The van der Waals surface area contributed by atoms with Crippen molar-refractivity contribution in [2.45, 2.75) is 12.7 Å². The number of alkyl halides is 3. The van der Waals surface area contributed by atoms with E-state index in [2.05, 4.69) is 4.74 Å². The van der Waals surface area contributed by atoms with Crippen molar-refractivity contribution in [2.75, 3.05) is 20.2 Å². The van der Waals surface area contributed by atoms with Crippen molar-refractivity contribution in [1.29, 1.82) is 0 Å². The first-order valence-corrected chi connectivity index (χ1v) is 5.89. The van der Waals surface area contributed by atoms with Crippen LogP contribution in [0.2, 0.25) is 0 Å². The summed E-state index contributed by atoms with van der Waals surface area (Å²) in [5.41, 5.74) is 0.731. The van der Waals surface area contributed by atoms with Crippen LogP contribution in [-0.2, 0) is 16.1 Å². The van der Waals surface area contributed by atoms with Crippen LogP contribution in [0.4, 0.5) is 13.2 Å². The second-order valence-corrected chi connectivity index (χ2v) is 4.34. The fourth-order valence-electron chi connectivity index (χ4n) is 1.73. The predicted octanol–water partition coefficient (Wildman–Crippen LogP) is 1.92. The van der Waals surface area contributed by atoms with Gasteiger partial charge in [-0.3, -0.25) is 9.69 Å². The third-order valence-electron chi connectivity index (χ3n) is 2.54. The molecule has 1 aromatic carbocycles. The van der Waals surface area contributed by atoms with Gasteiger partial charge in [0.15, 0.2) is 0 Å². The lowest BCUT2D eigenvalue weighted by Crippen LogP contribution is -2.37. The topological polar surface area (TPSA) is 66.8 Å². The van der Waals surface area contributed by atoms with E-state index in [1.807, 2.05) is 0 Å². The quantitative estimate of drug-likeness (QED) is 0.813. The van der Waals surface area contributed by atoms with Crippen LogP contribution in [-0.4, -0.2) is 48.3 Å². The van der Waals surface area contributed by atoms with Crippen molar-refractivity contribution >= 4 is 11.9 Å². The number of carboxylic acids is 1. The van der Waals surface area contributed by atoms with Crippen molar-refractivity contribution in [3.63, 3.8) is 0 Å². The highest BCUT2D eigenvalue weighted by Gasteiger charge is 2.31. The van der Waals surface area contributed by atoms with Crippen LogP contribution < -0.4 is 0 Å². The molecule has 0 spiro atoms. The number of ether oxygens (including phenoxy) is 1. The van der Waals surface area contributed by atoms with Gasteiger partial charge in [0, 0.05) is 6.54 Å². The normalized spacial score (nSPS) is 11.5. The number of nitrogens with zero attached hydrogens (tertiary/aromatic N) is 1. The van der Waals surface area contributed by atoms with Crippen molar-refractivity contribution in [3.8, 4) is 0 Å². The second-order valence-electron chi connectivity index (χ2n) is 4.34. The Labute approximate surface area is 118 Å². The van der Waals surface area contributed by atoms with E-state index in [1.165, 1.54) is 31.4 Å². The first-order chi connectivity index (χ1) is 9.71. The fourth-order valence-corrected chi connectivity index (χ4v) is 1.73. The zero-order valence-electron chi connectivity index (χ0n) is 11.2. The lowest BCUT2D eigenvalue weighted by molar-refractivity contribution is -0.154.